The fourth-order valence-corrected chi connectivity index (χ4v) is 6.55. The largest absolute Gasteiger partial charge is 1.00 e. The summed E-state index contributed by atoms with van der Waals surface area (Å²) in [6, 6.07) is 17.7. The molecule has 2 aliphatic heterocycles. The average molecular weight is 492 g/mol. The third-order valence-corrected chi connectivity index (χ3v) is 7.60. The fourth-order valence-electron chi connectivity index (χ4n) is 4.01. The van der Waals surface area contributed by atoms with Crippen LogP contribution in [0.1, 0.15) is 25.3 Å². The molecule has 134 valence electrons. The Hall–Kier alpha value is -1.05. The Bertz CT molecular complexity index is 1010. The molecule has 3 aromatic rings. The zero-order chi connectivity index (χ0) is 17.0. The summed E-state index contributed by atoms with van der Waals surface area (Å²) in [5.41, 5.74) is 4.21. The molecule has 0 spiro atoms. The van der Waals surface area contributed by atoms with E-state index < -0.39 is 0 Å². The summed E-state index contributed by atoms with van der Waals surface area (Å²) in [5, 5.41) is 2.92. The van der Waals surface area contributed by atoms with Crippen LogP contribution < -0.4 is 33.4 Å². The molecule has 0 N–H and O–H groups in total. The lowest BCUT2D eigenvalue weighted by molar-refractivity contribution is -0.566. The third-order valence-electron chi connectivity index (χ3n) is 5.23. The van der Waals surface area contributed by atoms with Crippen molar-refractivity contribution in [2.24, 2.45) is 5.92 Å². The number of aromatic nitrogens is 1. The van der Waals surface area contributed by atoms with Crippen LogP contribution in [0.4, 0.5) is 5.69 Å². The van der Waals surface area contributed by atoms with Gasteiger partial charge < -0.3 is 28.9 Å². The molecule has 0 bridgehead atoms. The number of halogens is 1. The van der Waals surface area contributed by atoms with Gasteiger partial charge in [0.1, 0.15) is 9.73 Å². The number of hydrogen-bond donors (Lipinski definition) is 0. The predicted octanol–water partition coefficient (Wildman–Crippen LogP) is 2.53. The van der Waals surface area contributed by atoms with Crippen LogP contribution in [0.2, 0.25) is 0 Å². The van der Waals surface area contributed by atoms with Crippen molar-refractivity contribution in [2.45, 2.75) is 31.6 Å². The number of nitrogens with zero attached hydrogens (tertiary/aromatic N) is 2. The predicted molar refractivity (Wildman–Crippen MR) is 108 cm³/mol. The molecular formula is C21H21IN2S2. The van der Waals surface area contributed by atoms with E-state index in [1.807, 2.05) is 23.1 Å². The van der Waals surface area contributed by atoms with Crippen molar-refractivity contribution >= 4 is 44.7 Å². The lowest BCUT2D eigenvalue weighted by Gasteiger charge is -2.23. The summed E-state index contributed by atoms with van der Waals surface area (Å²) in [6.07, 6.45) is 2.42. The van der Waals surface area contributed by atoms with Crippen molar-refractivity contribution in [1.82, 2.24) is 0 Å². The van der Waals surface area contributed by atoms with Crippen LogP contribution in [0, 0.1) is 5.92 Å². The number of aryl methyl sites for hydroxylation is 1. The highest BCUT2D eigenvalue weighted by Crippen LogP contribution is 2.49. The summed E-state index contributed by atoms with van der Waals surface area (Å²) in [6.45, 7) is 5.66. The van der Waals surface area contributed by atoms with Gasteiger partial charge in [0.25, 0.3) is 0 Å². The van der Waals surface area contributed by atoms with Gasteiger partial charge in [0.15, 0.2) is 0 Å². The summed E-state index contributed by atoms with van der Waals surface area (Å²) in [7, 11) is 0. The average Bonchev–Trinajstić information content (AvgIpc) is 3.19. The van der Waals surface area contributed by atoms with Crippen LogP contribution in [0.25, 0.3) is 15.9 Å². The highest BCUT2D eigenvalue weighted by molar-refractivity contribution is 8.04. The minimum Gasteiger partial charge on any atom is -1.00 e. The van der Waals surface area contributed by atoms with Gasteiger partial charge in [0.2, 0.25) is 16.2 Å². The van der Waals surface area contributed by atoms with Crippen molar-refractivity contribution in [1.29, 1.82) is 0 Å². The van der Waals surface area contributed by atoms with Crippen LogP contribution >= 0.6 is 23.1 Å². The van der Waals surface area contributed by atoms with Crippen LogP contribution in [-0.4, -0.2) is 6.54 Å². The standard InChI is InChI=1S/C21H21N2S2.HI/c1-3-22-15-8-4-6-10-17(15)25-21(22)20-14(2)12-13-19-23(20)16-9-5-7-11-18(16)24-19;/h4-11,14H,3,12-13H2,1-2H3;1H/q+1;/p-1. The van der Waals surface area contributed by atoms with E-state index in [1.165, 1.54) is 49.4 Å². The van der Waals surface area contributed by atoms with E-state index in [-0.39, 0.29) is 24.0 Å². The van der Waals surface area contributed by atoms with Crippen molar-refractivity contribution < 1.29 is 28.5 Å². The normalized spacial score (nSPS) is 21.5. The quantitative estimate of drug-likeness (QED) is 0.381. The van der Waals surface area contributed by atoms with Crippen LogP contribution in [0.15, 0.2) is 58.5 Å². The van der Waals surface area contributed by atoms with Crippen molar-refractivity contribution in [3.63, 3.8) is 0 Å². The second-order valence-corrected chi connectivity index (χ2v) is 8.89. The van der Waals surface area contributed by atoms with Gasteiger partial charge in [-0.15, -0.1) is 4.57 Å². The molecule has 1 atom stereocenters. The van der Waals surface area contributed by atoms with Crippen molar-refractivity contribution in [3.8, 4) is 0 Å². The zero-order valence-corrected chi connectivity index (χ0v) is 18.7. The molecule has 26 heavy (non-hydrogen) atoms. The first-order valence-electron chi connectivity index (χ1n) is 8.99. The summed E-state index contributed by atoms with van der Waals surface area (Å²) in [4.78, 5) is 3.88. The Morgan fingerprint density at radius 1 is 1.12 bits per heavy atom. The molecule has 5 rings (SSSR count). The van der Waals surface area contributed by atoms with Gasteiger partial charge >= 0.3 is 0 Å². The topological polar surface area (TPSA) is 7.12 Å². The lowest BCUT2D eigenvalue weighted by Crippen LogP contribution is -3.00. The Morgan fingerprint density at radius 2 is 1.88 bits per heavy atom. The maximum atomic E-state index is 2.56. The number of hydrogen-bond acceptors (Lipinski definition) is 3. The fraction of sp³-hybridized carbons (Fsp3) is 0.286. The Kier molecular flexibility index (Phi) is 5.05. The van der Waals surface area contributed by atoms with Gasteiger partial charge in [0.05, 0.1) is 5.69 Å². The van der Waals surface area contributed by atoms with Gasteiger partial charge in [0, 0.05) is 29.8 Å². The number of anilines is 1. The molecule has 0 fully saturated rings. The summed E-state index contributed by atoms with van der Waals surface area (Å²) < 4.78 is 3.96. The molecule has 2 nitrogen and oxygen atoms in total. The number of allylic oxidation sites excluding steroid dienone is 1. The maximum Gasteiger partial charge on any atom is 0.244 e. The molecular weight excluding hydrogens is 471 g/mol. The first-order valence-corrected chi connectivity index (χ1v) is 10.6. The molecule has 3 heterocycles. The zero-order valence-electron chi connectivity index (χ0n) is 14.9. The van der Waals surface area contributed by atoms with Gasteiger partial charge in [-0.05, 0) is 31.5 Å². The monoisotopic (exact) mass is 492 g/mol. The van der Waals surface area contributed by atoms with Gasteiger partial charge in [-0.25, -0.2) is 0 Å². The highest BCUT2D eigenvalue weighted by atomic mass is 127. The van der Waals surface area contributed by atoms with Gasteiger partial charge in [-0.2, -0.15) is 0 Å². The van der Waals surface area contributed by atoms with Crippen LogP contribution in [-0.2, 0) is 6.42 Å². The second kappa shape index (κ2) is 7.17. The number of para-hydroxylation sites is 2. The Balaban J connectivity index is 0.00000168. The number of thiazole rings is 1. The Morgan fingerprint density at radius 3 is 2.73 bits per heavy atom. The van der Waals surface area contributed by atoms with E-state index >= 15 is 0 Å². The Labute approximate surface area is 179 Å². The van der Waals surface area contributed by atoms with Gasteiger partial charge in [-0.3, -0.25) is 0 Å². The highest BCUT2D eigenvalue weighted by Gasteiger charge is 2.40. The first-order chi connectivity index (χ1) is 12.3. The molecule has 0 radical (unpaired) electrons. The van der Waals surface area contributed by atoms with E-state index in [2.05, 4.69) is 71.8 Å². The molecule has 0 amide bonds. The van der Waals surface area contributed by atoms with E-state index in [4.69, 9.17) is 0 Å². The smallest absolute Gasteiger partial charge is 0.244 e. The molecule has 0 saturated carbocycles. The molecule has 0 aliphatic carbocycles. The maximum absolute atomic E-state index is 2.56. The minimum atomic E-state index is 0. The lowest BCUT2D eigenvalue weighted by atomic mass is 9.98. The van der Waals surface area contributed by atoms with Crippen LogP contribution in [0.3, 0.4) is 0 Å². The second-order valence-electron chi connectivity index (χ2n) is 6.74. The van der Waals surface area contributed by atoms with Gasteiger partial charge in [-0.1, -0.05) is 54.3 Å². The SMILES string of the molecule is CCN1C(=C2C(C)CCc3sc4ccccc4[n+]32)Sc2ccccc21.[I-]. The molecule has 1 aromatic heterocycles. The molecule has 2 aromatic carbocycles. The first kappa shape index (κ1) is 18.3. The third kappa shape index (κ3) is 2.70. The minimum absolute atomic E-state index is 0. The van der Waals surface area contributed by atoms with E-state index in [9.17, 15) is 0 Å². The summed E-state index contributed by atoms with van der Waals surface area (Å²) >= 11 is 3.90. The van der Waals surface area contributed by atoms with E-state index in [0.717, 1.165) is 6.54 Å². The van der Waals surface area contributed by atoms with E-state index in [0.29, 0.717) is 5.92 Å². The molecule has 0 saturated heterocycles. The van der Waals surface area contributed by atoms with E-state index in [1.54, 1.807) is 0 Å². The summed E-state index contributed by atoms with van der Waals surface area (Å²) in [5.74, 6) is 0.571. The molecule has 1 unspecified atom stereocenters. The molecule has 5 heteroatoms. The number of benzene rings is 2. The molecule has 2 aliphatic rings. The van der Waals surface area contributed by atoms with Crippen molar-refractivity contribution in [2.75, 3.05) is 11.4 Å². The number of thioether (sulfide) groups is 1. The number of fused-ring (bicyclic) bond motifs is 4. The van der Waals surface area contributed by atoms with Crippen LogP contribution in [0.5, 0.6) is 0 Å². The number of rotatable bonds is 1. The van der Waals surface area contributed by atoms with Crippen molar-refractivity contribution in [3.05, 3.63) is 58.6 Å².